The standard InChI is InChI=1S/C21H16O5/c22-21(23)17-3-1-2-14(10-17)12-24-18-7-4-15(5-8-18)16-6-9-19-20(11-16)26-13-25-19/h1-11H,12-13H2,(H,22,23). The summed E-state index contributed by atoms with van der Waals surface area (Å²) in [5, 5.41) is 9.03. The Morgan fingerprint density at radius 2 is 1.69 bits per heavy atom. The molecule has 4 rings (SSSR count). The van der Waals surface area contributed by atoms with Crippen molar-refractivity contribution in [1.29, 1.82) is 0 Å². The molecule has 3 aromatic rings. The fraction of sp³-hybridized carbons (Fsp3) is 0.0952. The summed E-state index contributed by atoms with van der Waals surface area (Å²) in [7, 11) is 0. The lowest BCUT2D eigenvalue weighted by molar-refractivity contribution is 0.0696. The van der Waals surface area contributed by atoms with Crippen LogP contribution < -0.4 is 14.2 Å². The monoisotopic (exact) mass is 348 g/mol. The molecule has 1 heterocycles. The van der Waals surface area contributed by atoms with Crippen LogP contribution in [0.5, 0.6) is 17.2 Å². The number of hydrogen-bond donors (Lipinski definition) is 1. The molecule has 0 bridgehead atoms. The van der Waals surface area contributed by atoms with Crippen LogP contribution >= 0.6 is 0 Å². The van der Waals surface area contributed by atoms with Gasteiger partial charge in [0.05, 0.1) is 5.56 Å². The van der Waals surface area contributed by atoms with Crippen molar-refractivity contribution in [2.75, 3.05) is 6.79 Å². The fourth-order valence-corrected chi connectivity index (χ4v) is 2.78. The van der Waals surface area contributed by atoms with Gasteiger partial charge in [0.15, 0.2) is 11.5 Å². The first-order chi connectivity index (χ1) is 12.7. The van der Waals surface area contributed by atoms with E-state index in [9.17, 15) is 4.79 Å². The summed E-state index contributed by atoms with van der Waals surface area (Å²) in [4.78, 5) is 11.0. The molecule has 0 unspecified atom stereocenters. The Bertz CT molecular complexity index is 947. The van der Waals surface area contributed by atoms with Crippen LogP contribution in [0.1, 0.15) is 15.9 Å². The Labute approximate surface area is 150 Å². The van der Waals surface area contributed by atoms with Crippen LogP contribution in [0, 0.1) is 0 Å². The van der Waals surface area contributed by atoms with Gasteiger partial charge >= 0.3 is 5.97 Å². The second-order valence-corrected chi connectivity index (χ2v) is 5.89. The molecule has 0 atom stereocenters. The number of aromatic carboxylic acids is 1. The molecule has 3 aromatic carbocycles. The van der Waals surface area contributed by atoms with E-state index < -0.39 is 5.97 Å². The van der Waals surface area contributed by atoms with E-state index in [1.54, 1.807) is 18.2 Å². The molecule has 1 aliphatic heterocycles. The molecule has 0 aromatic heterocycles. The van der Waals surface area contributed by atoms with Crippen LogP contribution in [-0.2, 0) is 6.61 Å². The van der Waals surface area contributed by atoms with Crippen molar-refractivity contribution in [1.82, 2.24) is 0 Å². The Morgan fingerprint density at radius 3 is 2.50 bits per heavy atom. The van der Waals surface area contributed by atoms with Crippen molar-refractivity contribution in [3.8, 4) is 28.4 Å². The molecular weight excluding hydrogens is 332 g/mol. The second-order valence-electron chi connectivity index (χ2n) is 5.89. The number of carbonyl (C=O) groups is 1. The average molecular weight is 348 g/mol. The predicted octanol–water partition coefficient (Wildman–Crippen LogP) is 4.36. The van der Waals surface area contributed by atoms with Crippen molar-refractivity contribution in [2.45, 2.75) is 6.61 Å². The molecule has 5 heteroatoms. The van der Waals surface area contributed by atoms with Gasteiger partial charge < -0.3 is 19.3 Å². The Balaban J connectivity index is 1.45. The summed E-state index contributed by atoms with van der Waals surface area (Å²) in [6, 6.07) is 20.3. The molecule has 0 radical (unpaired) electrons. The van der Waals surface area contributed by atoms with E-state index in [0.29, 0.717) is 6.61 Å². The molecule has 0 aliphatic carbocycles. The van der Waals surface area contributed by atoms with Gasteiger partial charge in [-0.3, -0.25) is 0 Å². The van der Waals surface area contributed by atoms with Crippen molar-refractivity contribution < 1.29 is 24.1 Å². The first kappa shape index (κ1) is 16.0. The molecule has 1 N–H and O–H groups in total. The smallest absolute Gasteiger partial charge is 0.335 e. The van der Waals surface area contributed by atoms with Crippen LogP contribution in [0.25, 0.3) is 11.1 Å². The van der Waals surface area contributed by atoms with E-state index in [1.165, 1.54) is 0 Å². The van der Waals surface area contributed by atoms with Crippen LogP contribution in [0.2, 0.25) is 0 Å². The van der Waals surface area contributed by atoms with Gasteiger partial charge in [-0.1, -0.05) is 30.3 Å². The summed E-state index contributed by atoms with van der Waals surface area (Å²) in [5.41, 5.74) is 3.15. The molecule has 0 spiro atoms. The zero-order valence-corrected chi connectivity index (χ0v) is 13.8. The molecule has 0 amide bonds. The van der Waals surface area contributed by atoms with Crippen molar-refractivity contribution in [2.24, 2.45) is 0 Å². The minimum atomic E-state index is -0.945. The van der Waals surface area contributed by atoms with Gasteiger partial charge in [-0.15, -0.1) is 0 Å². The highest BCUT2D eigenvalue weighted by Crippen LogP contribution is 2.36. The van der Waals surface area contributed by atoms with Crippen LogP contribution in [0.3, 0.4) is 0 Å². The summed E-state index contributed by atoms with van der Waals surface area (Å²) >= 11 is 0. The van der Waals surface area contributed by atoms with Gasteiger partial charge in [0.25, 0.3) is 0 Å². The van der Waals surface area contributed by atoms with Gasteiger partial charge in [0.1, 0.15) is 12.4 Å². The van der Waals surface area contributed by atoms with E-state index >= 15 is 0 Å². The second kappa shape index (κ2) is 6.80. The lowest BCUT2D eigenvalue weighted by Gasteiger charge is -2.08. The molecular formula is C21H16O5. The number of ether oxygens (including phenoxy) is 3. The van der Waals surface area contributed by atoms with E-state index in [1.807, 2.05) is 48.5 Å². The van der Waals surface area contributed by atoms with E-state index in [4.69, 9.17) is 19.3 Å². The molecule has 130 valence electrons. The lowest BCUT2D eigenvalue weighted by Crippen LogP contribution is -2.00. The highest BCUT2D eigenvalue weighted by Gasteiger charge is 2.13. The van der Waals surface area contributed by atoms with Crippen LogP contribution in [0.15, 0.2) is 66.7 Å². The molecule has 26 heavy (non-hydrogen) atoms. The van der Waals surface area contributed by atoms with E-state index in [2.05, 4.69) is 0 Å². The van der Waals surface area contributed by atoms with Crippen LogP contribution in [-0.4, -0.2) is 17.9 Å². The van der Waals surface area contributed by atoms with Crippen molar-refractivity contribution in [3.05, 3.63) is 77.9 Å². The minimum absolute atomic E-state index is 0.254. The summed E-state index contributed by atoms with van der Waals surface area (Å²) in [6.45, 7) is 0.569. The first-order valence-corrected chi connectivity index (χ1v) is 8.14. The van der Waals surface area contributed by atoms with E-state index in [0.717, 1.165) is 33.9 Å². The highest BCUT2D eigenvalue weighted by molar-refractivity contribution is 5.87. The predicted molar refractivity (Wildman–Crippen MR) is 95.7 cm³/mol. The molecule has 0 saturated heterocycles. The van der Waals surface area contributed by atoms with Crippen molar-refractivity contribution >= 4 is 5.97 Å². The Morgan fingerprint density at radius 1 is 0.923 bits per heavy atom. The summed E-state index contributed by atoms with van der Waals surface area (Å²) in [5.74, 6) is 1.29. The zero-order chi connectivity index (χ0) is 17.9. The summed E-state index contributed by atoms with van der Waals surface area (Å²) < 4.78 is 16.5. The number of carboxylic acid groups (broad SMARTS) is 1. The minimum Gasteiger partial charge on any atom is -0.489 e. The lowest BCUT2D eigenvalue weighted by atomic mass is 10.1. The number of fused-ring (bicyclic) bond motifs is 1. The Kier molecular flexibility index (Phi) is 4.19. The summed E-state index contributed by atoms with van der Waals surface area (Å²) in [6.07, 6.45) is 0. The molecule has 0 fully saturated rings. The highest BCUT2D eigenvalue weighted by atomic mass is 16.7. The van der Waals surface area contributed by atoms with Crippen molar-refractivity contribution in [3.63, 3.8) is 0 Å². The normalized spacial score (nSPS) is 12.0. The largest absolute Gasteiger partial charge is 0.489 e. The Hall–Kier alpha value is -3.47. The number of hydrogen-bond acceptors (Lipinski definition) is 4. The zero-order valence-electron chi connectivity index (χ0n) is 13.8. The maximum Gasteiger partial charge on any atom is 0.335 e. The molecule has 0 saturated carbocycles. The topological polar surface area (TPSA) is 65.0 Å². The van der Waals surface area contributed by atoms with Gasteiger partial charge in [-0.05, 0) is 53.1 Å². The third-order valence-electron chi connectivity index (χ3n) is 4.14. The SMILES string of the molecule is O=C(O)c1cccc(COc2ccc(-c3ccc4c(c3)OCO4)cc2)c1. The number of benzene rings is 3. The van der Waals surface area contributed by atoms with Gasteiger partial charge in [0.2, 0.25) is 6.79 Å². The number of rotatable bonds is 5. The third-order valence-corrected chi connectivity index (χ3v) is 4.14. The fourth-order valence-electron chi connectivity index (χ4n) is 2.78. The quantitative estimate of drug-likeness (QED) is 0.742. The van der Waals surface area contributed by atoms with Gasteiger partial charge in [-0.25, -0.2) is 4.79 Å². The maximum absolute atomic E-state index is 11.0. The van der Waals surface area contributed by atoms with Gasteiger partial charge in [0, 0.05) is 0 Å². The maximum atomic E-state index is 11.0. The average Bonchev–Trinajstić information content (AvgIpc) is 3.15. The van der Waals surface area contributed by atoms with Gasteiger partial charge in [-0.2, -0.15) is 0 Å². The van der Waals surface area contributed by atoms with Crippen LogP contribution in [0.4, 0.5) is 0 Å². The molecule has 5 nitrogen and oxygen atoms in total. The molecule has 1 aliphatic rings. The number of carboxylic acids is 1. The van der Waals surface area contributed by atoms with E-state index in [-0.39, 0.29) is 12.4 Å². The first-order valence-electron chi connectivity index (χ1n) is 8.14. The third kappa shape index (κ3) is 3.32.